The second-order valence-electron chi connectivity index (χ2n) is 3.99. The van der Waals surface area contributed by atoms with Gasteiger partial charge >= 0.3 is 0 Å². The molecule has 2 rings (SSSR count). The maximum Gasteiger partial charge on any atom is 0.116 e. The molecule has 0 aromatic carbocycles. The molecule has 0 saturated carbocycles. The van der Waals surface area contributed by atoms with Crippen molar-refractivity contribution in [3.63, 3.8) is 0 Å². The third kappa shape index (κ3) is 2.78. The van der Waals surface area contributed by atoms with Crippen molar-refractivity contribution in [3.8, 4) is 0 Å². The number of aromatic nitrogens is 2. The Kier molecular flexibility index (Phi) is 4.01. The van der Waals surface area contributed by atoms with Crippen LogP contribution < -0.4 is 0 Å². The summed E-state index contributed by atoms with van der Waals surface area (Å²) in [6.45, 7) is 5.03. The molecule has 17 heavy (non-hydrogen) atoms. The van der Waals surface area contributed by atoms with Crippen molar-refractivity contribution in [1.29, 1.82) is 0 Å². The highest BCUT2D eigenvalue weighted by Crippen LogP contribution is 2.33. The molecule has 5 heteroatoms. The summed E-state index contributed by atoms with van der Waals surface area (Å²) in [7, 11) is 0. The summed E-state index contributed by atoms with van der Waals surface area (Å²) in [6.07, 6.45) is 4.12. The molecule has 0 bridgehead atoms. The molecule has 0 saturated heterocycles. The van der Waals surface area contributed by atoms with Gasteiger partial charge in [0.1, 0.15) is 6.10 Å². The molecule has 2 aromatic rings. The molecule has 0 fully saturated rings. The van der Waals surface area contributed by atoms with Crippen molar-refractivity contribution in [2.45, 2.75) is 32.9 Å². The molecule has 3 nitrogen and oxygen atoms in total. The van der Waals surface area contributed by atoms with Gasteiger partial charge < -0.3 is 5.11 Å². The molecule has 92 valence electrons. The Morgan fingerprint density at radius 2 is 2.35 bits per heavy atom. The van der Waals surface area contributed by atoms with Crippen LogP contribution in [0.15, 0.2) is 22.9 Å². The quantitative estimate of drug-likeness (QED) is 0.937. The molecule has 1 N–H and O–H groups in total. The number of halogens is 1. The maximum atomic E-state index is 10.2. The zero-order valence-corrected chi connectivity index (χ0v) is 12.3. The third-order valence-corrected chi connectivity index (χ3v) is 4.76. The van der Waals surface area contributed by atoms with Crippen molar-refractivity contribution < 1.29 is 5.11 Å². The molecule has 0 radical (unpaired) electrons. The van der Waals surface area contributed by atoms with Crippen LogP contribution in [-0.2, 0) is 6.54 Å². The van der Waals surface area contributed by atoms with Crippen LogP contribution in [-0.4, -0.2) is 14.9 Å². The van der Waals surface area contributed by atoms with Crippen LogP contribution in [0.25, 0.3) is 0 Å². The molecule has 2 heterocycles. The van der Waals surface area contributed by atoms with Gasteiger partial charge in [0.05, 0.1) is 6.20 Å². The van der Waals surface area contributed by atoms with E-state index >= 15 is 0 Å². The molecular formula is C12H15BrN2OS. The van der Waals surface area contributed by atoms with Crippen LogP contribution in [0.4, 0.5) is 0 Å². The van der Waals surface area contributed by atoms with E-state index in [1.165, 1.54) is 4.88 Å². The lowest BCUT2D eigenvalue weighted by Crippen LogP contribution is -1.97. The number of aliphatic hydroxyl groups excluding tert-OH is 1. The number of rotatable bonds is 4. The fraction of sp³-hybridized carbons (Fsp3) is 0.417. The van der Waals surface area contributed by atoms with Crippen molar-refractivity contribution in [2.75, 3.05) is 0 Å². The van der Waals surface area contributed by atoms with Gasteiger partial charge in [-0.1, -0.05) is 6.92 Å². The van der Waals surface area contributed by atoms with E-state index in [2.05, 4.69) is 28.0 Å². The maximum absolute atomic E-state index is 10.2. The lowest BCUT2D eigenvalue weighted by molar-refractivity contribution is 0.224. The first kappa shape index (κ1) is 12.8. The summed E-state index contributed by atoms with van der Waals surface area (Å²) in [5.41, 5.74) is 0.854. The Hall–Kier alpha value is -0.650. The largest absolute Gasteiger partial charge is 0.383 e. The Morgan fingerprint density at radius 3 is 2.94 bits per heavy atom. The number of aliphatic hydroxyl groups is 1. The topological polar surface area (TPSA) is 38.0 Å². The second kappa shape index (κ2) is 5.33. The SMILES string of the molecule is CCCn1cc(C(O)c2cc(Br)c(C)s2)cn1. The summed E-state index contributed by atoms with van der Waals surface area (Å²) in [5, 5.41) is 14.5. The van der Waals surface area contributed by atoms with Crippen molar-refractivity contribution >= 4 is 27.3 Å². The summed E-state index contributed by atoms with van der Waals surface area (Å²) >= 11 is 5.07. The summed E-state index contributed by atoms with van der Waals surface area (Å²) in [6, 6.07) is 1.97. The van der Waals surface area contributed by atoms with Gasteiger partial charge in [0.25, 0.3) is 0 Å². The van der Waals surface area contributed by atoms with Crippen LogP contribution in [0.1, 0.15) is 34.8 Å². The highest BCUT2D eigenvalue weighted by Gasteiger charge is 2.16. The van der Waals surface area contributed by atoms with Crippen molar-refractivity contribution in [1.82, 2.24) is 9.78 Å². The van der Waals surface area contributed by atoms with Gasteiger partial charge in [-0.15, -0.1) is 11.3 Å². The average molecular weight is 315 g/mol. The molecule has 0 aliphatic rings. The number of hydrogen-bond donors (Lipinski definition) is 1. The van der Waals surface area contributed by atoms with Gasteiger partial charge in [-0.05, 0) is 35.3 Å². The Morgan fingerprint density at radius 1 is 1.59 bits per heavy atom. The predicted octanol–water partition coefficient (Wildman–Crippen LogP) is 3.51. The standard InChI is InChI=1S/C12H15BrN2OS/c1-3-4-15-7-9(6-14-15)12(16)11-5-10(13)8(2)17-11/h5-7,12,16H,3-4H2,1-2H3. The van der Waals surface area contributed by atoms with E-state index < -0.39 is 6.10 Å². The molecule has 0 amide bonds. The van der Waals surface area contributed by atoms with Gasteiger partial charge in [0.2, 0.25) is 0 Å². The Balaban J connectivity index is 2.20. The highest BCUT2D eigenvalue weighted by molar-refractivity contribution is 9.10. The zero-order valence-electron chi connectivity index (χ0n) is 9.85. The number of aryl methyl sites for hydroxylation is 2. The lowest BCUT2D eigenvalue weighted by atomic mass is 10.2. The second-order valence-corrected chi connectivity index (χ2v) is 6.13. The minimum absolute atomic E-state index is 0.574. The van der Waals surface area contributed by atoms with E-state index in [1.54, 1.807) is 17.5 Å². The molecule has 2 aromatic heterocycles. The first-order chi connectivity index (χ1) is 8.11. The Bertz CT molecular complexity index is 487. The summed E-state index contributed by atoms with van der Waals surface area (Å²) < 4.78 is 2.92. The van der Waals surface area contributed by atoms with Gasteiger partial charge in [0, 0.05) is 32.5 Å². The monoisotopic (exact) mass is 314 g/mol. The molecule has 0 aliphatic carbocycles. The first-order valence-corrected chi connectivity index (χ1v) is 7.19. The van der Waals surface area contributed by atoms with E-state index in [4.69, 9.17) is 0 Å². The van der Waals surface area contributed by atoms with E-state index in [-0.39, 0.29) is 0 Å². The van der Waals surface area contributed by atoms with Crippen LogP contribution in [0, 0.1) is 6.92 Å². The summed E-state index contributed by atoms with van der Waals surface area (Å²) in [4.78, 5) is 2.13. The zero-order chi connectivity index (χ0) is 12.4. The van der Waals surface area contributed by atoms with Gasteiger partial charge in [-0.2, -0.15) is 5.10 Å². The van der Waals surface area contributed by atoms with Crippen LogP contribution in [0.3, 0.4) is 0 Å². The van der Waals surface area contributed by atoms with Gasteiger partial charge in [-0.3, -0.25) is 4.68 Å². The lowest BCUT2D eigenvalue weighted by Gasteiger charge is -2.04. The van der Waals surface area contributed by atoms with E-state index in [0.29, 0.717) is 0 Å². The van der Waals surface area contributed by atoms with Crippen LogP contribution in [0.2, 0.25) is 0 Å². The number of thiophene rings is 1. The molecule has 0 spiro atoms. The highest BCUT2D eigenvalue weighted by atomic mass is 79.9. The number of hydrogen-bond acceptors (Lipinski definition) is 3. The van der Waals surface area contributed by atoms with Gasteiger partial charge in [-0.25, -0.2) is 0 Å². The average Bonchev–Trinajstić information content (AvgIpc) is 2.87. The molecule has 0 aliphatic heterocycles. The summed E-state index contributed by atoms with van der Waals surface area (Å²) in [5.74, 6) is 0. The smallest absolute Gasteiger partial charge is 0.116 e. The van der Waals surface area contributed by atoms with E-state index in [9.17, 15) is 5.11 Å². The van der Waals surface area contributed by atoms with E-state index in [0.717, 1.165) is 27.9 Å². The Labute approximate surface area is 113 Å². The van der Waals surface area contributed by atoms with Crippen LogP contribution in [0.5, 0.6) is 0 Å². The third-order valence-electron chi connectivity index (χ3n) is 2.57. The minimum atomic E-state index is -0.574. The normalized spacial score (nSPS) is 12.9. The number of nitrogens with zero attached hydrogens (tertiary/aromatic N) is 2. The first-order valence-electron chi connectivity index (χ1n) is 5.58. The molecule has 1 unspecified atom stereocenters. The fourth-order valence-electron chi connectivity index (χ4n) is 1.65. The molecular weight excluding hydrogens is 300 g/mol. The fourth-order valence-corrected chi connectivity index (χ4v) is 3.23. The van der Waals surface area contributed by atoms with Crippen LogP contribution >= 0.6 is 27.3 Å². The van der Waals surface area contributed by atoms with Gasteiger partial charge in [0.15, 0.2) is 0 Å². The predicted molar refractivity (Wildman–Crippen MR) is 73.3 cm³/mol. The van der Waals surface area contributed by atoms with E-state index in [1.807, 2.05) is 23.9 Å². The van der Waals surface area contributed by atoms with Crippen molar-refractivity contribution in [2.24, 2.45) is 0 Å². The minimum Gasteiger partial charge on any atom is -0.383 e. The molecule has 1 atom stereocenters. The van der Waals surface area contributed by atoms with Crippen molar-refractivity contribution in [3.05, 3.63) is 38.3 Å².